The van der Waals surface area contributed by atoms with Crippen LogP contribution in [0.25, 0.3) is 0 Å². The van der Waals surface area contributed by atoms with Gasteiger partial charge in [0.25, 0.3) is 5.91 Å². The van der Waals surface area contributed by atoms with Crippen LogP contribution in [-0.2, 0) is 0 Å². The maximum atomic E-state index is 12.5. The molecule has 1 aromatic carbocycles. The van der Waals surface area contributed by atoms with Crippen LogP contribution >= 0.6 is 11.6 Å². The van der Waals surface area contributed by atoms with Crippen molar-refractivity contribution in [3.63, 3.8) is 0 Å². The number of hydrogen-bond acceptors (Lipinski definition) is 5. The lowest BCUT2D eigenvalue weighted by Crippen LogP contribution is -2.41. The molecule has 1 saturated carbocycles. The fourth-order valence-corrected chi connectivity index (χ4v) is 3.20. The summed E-state index contributed by atoms with van der Waals surface area (Å²) in [4.78, 5) is 21.3. The number of aromatic nitrogens is 1. The van der Waals surface area contributed by atoms with Gasteiger partial charge in [-0.3, -0.25) is 9.79 Å². The molecule has 0 radical (unpaired) electrons. The Morgan fingerprint density at radius 1 is 1.33 bits per heavy atom. The minimum Gasteiger partial charge on any atom is -0.497 e. The molecule has 3 N–H and O–H groups in total. The molecule has 1 aromatic heterocycles. The predicted octanol–water partition coefficient (Wildman–Crippen LogP) is 3.64. The van der Waals surface area contributed by atoms with Gasteiger partial charge in [0.05, 0.1) is 18.8 Å². The summed E-state index contributed by atoms with van der Waals surface area (Å²) in [6.07, 6.45) is 4.02. The Bertz CT molecular complexity index is 878. The van der Waals surface area contributed by atoms with E-state index in [-0.39, 0.29) is 22.8 Å². The largest absolute Gasteiger partial charge is 0.497 e. The number of nitrogens with one attached hydrogen (secondary N) is 1. The Hall–Kier alpha value is -2.86. The number of ether oxygens (including phenoxy) is 1. The van der Waals surface area contributed by atoms with E-state index in [2.05, 4.69) is 10.3 Å². The molecule has 1 aliphatic carbocycles. The molecule has 1 amide bonds. The monoisotopic (exact) mass is 384 g/mol. The molecule has 1 unspecified atom stereocenters. The summed E-state index contributed by atoms with van der Waals surface area (Å²) >= 11 is 5.87. The third kappa shape index (κ3) is 4.65. The van der Waals surface area contributed by atoms with Gasteiger partial charge in [0.1, 0.15) is 16.6 Å². The first-order valence-electron chi connectivity index (χ1n) is 8.68. The van der Waals surface area contributed by atoms with Crippen molar-refractivity contribution in [2.24, 2.45) is 10.7 Å². The zero-order valence-electron chi connectivity index (χ0n) is 15.0. The molecule has 1 fully saturated rings. The molecular weight excluding hydrogens is 364 g/mol. The fraction of sp³-hybridized carbons (Fsp3) is 0.250. The molecule has 1 heterocycles. The van der Waals surface area contributed by atoms with E-state index in [0.29, 0.717) is 0 Å². The first-order valence-corrected chi connectivity index (χ1v) is 9.05. The van der Waals surface area contributed by atoms with E-state index >= 15 is 0 Å². The number of carbonyl (C=O) groups is 1. The highest BCUT2D eigenvalue weighted by Gasteiger charge is 2.26. The Kier molecular flexibility index (Phi) is 6.08. The van der Waals surface area contributed by atoms with E-state index in [9.17, 15) is 4.79 Å². The summed E-state index contributed by atoms with van der Waals surface area (Å²) in [5.41, 5.74) is 8.66. The zero-order chi connectivity index (χ0) is 19.2. The van der Waals surface area contributed by atoms with Gasteiger partial charge in [-0.1, -0.05) is 17.7 Å². The standard InChI is InChI=1S/C20H21ClN4O2/c1-27-14-10-8-13(9-11-14)23-16-4-2-5-17(15(16)12-22)25-20(26)18-6-3-7-19(21)24-18/h3,6-12,17H,2,4-5,22H2,1H3,(H,25,26)/b15-12+,23-16?. The van der Waals surface area contributed by atoms with Gasteiger partial charge in [0.2, 0.25) is 0 Å². The van der Waals surface area contributed by atoms with Gasteiger partial charge < -0.3 is 15.8 Å². The van der Waals surface area contributed by atoms with Gasteiger partial charge in [0, 0.05) is 17.5 Å². The predicted molar refractivity (Wildman–Crippen MR) is 107 cm³/mol. The maximum Gasteiger partial charge on any atom is 0.270 e. The van der Waals surface area contributed by atoms with Crippen LogP contribution in [0.4, 0.5) is 5.69 Å². The molecule has 0 bridgehead atoms. The highest BCUT2D eigenvalue weighted by Crippen LogP contribution is 2.26. The molecule has 0 aliphatic heterocycles. The number of benzene rings is 1. The molecule has 2 aromatic rings. The van der Waals surface area contributed by atoms with Gasteiger partial charge in [0.15, 0.2) is 0 Å². The van der Waals surface area contributed by atoms with Gasteiger partial charge in [-0.2, -0.15) is 0 Å². The number of methoxy groups -OCH3 is 1. The number of pyridine rings is 1. The number of nitrogens with two attached hydrogens (primary N) is 1. The van der Waals surface area contributed by atoms with E-state index in [0.717, 1.165) is 42.0 Å². The number of halogens is 1. The van der Waals surface area contributed by atoms with Crippen LogP contribution in [0.3, 0.4) is 0 Å². The van der Waals surface area contributed by atoms with Crippen molar-refractivity contribution in [2.45, 2.75) is 25.3 Å². The van der Waals surface area contributed by atoms with Gasteiger partial charge in [-0.15, -0.1) is 0 Å². The number of amides is 1. The van der Waals surface area contributed by atoms with Crippen LogP contribution in [0, 0.1) is 0 Å². The van der Waals surface area contributed by atoms with Crippen molar-refractivity contribution in [3.8, 4) is 5.75 Å². The number of aliphatic imine (C=N–C) groups is 1. The molecule has 140 valence electrons. The van der Waals surface area contributed by atoms with Crippen molar-refractivity contribution >= 4 is 28.9 Å². The maximum absolute atomic E-state index is 12.5. The first-order chi connectivity index (χ1) is 13.1. The van der Waals surface area contributed by atoms with Crippen molar-refractivity contribution in [1.29, 1.82) is 0 Å². The lowest BCUT2D eigenvalue weighted by molar-refractivity contribution is 0.0936. The van der Waals surface area contributed by atoms with E-state index in [1.54, 1.807) is 25.3 Å². The topological polar surface area (TPSA) is 89.6 Å². The van der Waals surface area contributed by atoms with Crippen LogP contribution in [0.5, 0.6) is 5.75 Å². The number of nitrogens with zero attached hydrogens (tertiary/aromatic N) is 2. The summed E-state index contributed by atoms with van der Waals surface area (Å²) < 4.78 is 5.17. The first kappa shape index (κ1) is 18.9. The quantitative estimate of drug-likeness (QED) is 0.787. The lowest BCUT2D eigenvalue weighted by Gasteiger charge is -2.27. The van der Waals surface area contributed by atoms with Crippen LogP contribution in [0.1, 0.15) is 29.8 Å². The Balaban J connectivity index is 1.78. The summed E-state index contributed by atoms with van der Waals surface area (Å²) in [5, 5.41) is 3.27. The van der Waals surface area contributed by atoms with Gasteiger partial charge in [-0.25, -0.2) is 4.98 Å². The molecule has 7 heteroatoms. The number of rotatable bonds is 4. The second kappa shape index (κ2) is 8.68. The average molecular weight is 385 g/mol. The summed E-state index contributed by atoms with van der Waals surface area (Å²) in [6.45, 7) is 0. The summed E-state index contributed by atoms with van der Waals surface area (Å²) in [6, 6.07) is 12.2. The smallest absolute Gasteiger partial charge is 0.270 e. The molecule has 6 nitrogen and oxygen atoms in total. The normalized spacial score (nSPS) is 19.9. The lowest BCUT2D eigenvalue weighted by atomic mass is 9.88. The number of carbonyl (C=O) groups excluding carboxylic acids is 1. The van der Waals surface area contributed by atoms with Crippen LogP contribution < -0.4 is 15.8 Å². The fourth-order valence-electron chi connectivity index (χ4n) is 3.04. The average Bonchev–Trinajstić information content (AvgIpc) is 2.69. The molecule has 3 rings (SSSR count). The second-order valence-electron chi connectivity index (χ2n) is 6.14. The Morgan fingerprint density at radius 2 is 2.11 bits per heavy atom. The highest BCUT2D eigenvalue weighted by molar-refractivity contribution is 6.29. The van der Waals surface area contributed by atoms with Crippen LogP contribution in [-0.4, -0.2) is 29.8 Å². The third-order valence-electron chi connectivity index (χ3n) is 4.38. The summed E-state index contributed by atoms with van der Waals surface area (Å²) in [7, 11) is 1.62. The van der Waals surface area contributed by atoms with Crippen molar-refractivity contribution in [1.82, 2.24) is 10.3 Å². The zero-order valence-corrected chi connectivity index (χ0v) is 15.7. The molecule has 1 atom stereocenters. The van der Waals surface area contributed by atoms with E-state index < -0.39 is 0 Å². The van der Waals surface area contributed by atoms with Crippen LogP contribution in [0.2, 0.25) is 5.15 Å². The van der Waals surface area contributed by atoms with Crippen LogP contribution in [0.15, 0.2) is 59.2 Å². The van der Waals surface area contributed by atoms with Crippen molar-refractivity contribution in [2.75, 3.05) is 7.11 Å². The molecule has 1 aliphatic rings. The van der Waals surface area contributed by atoms with Gasteiger partial charge in [-0.05, 0) is 55.7 Å². The molecule has 0 spiro atoms. The van der Waals surface area contributed by atoms with Crippen molar-refractivity contribution < 1.29 is 9.53 Å². The minimum absolute atomic E-state index is 0.214. The minimum atomic E-state index is -0.285. The van der Waals surface area contributed by atoms with Gasteiger partial charge >= 0.3 is 0 Å². The Morgan fingerprint density at radius 3 is 2.78 bits per heavy atom. The van der Waals surface area contributed by atoms with E-state index in [1.165, 1.54) is 6.20 Å². The molecule has 27 heavy (non-hydrogen) atoms. The highest BCUT2D eigenvalue weighted by atomic mass is 35.5. The summed E-state index contributed by atoms with van der Waals surface area (Å²) in [5.74, 6) is 0.490. The molecular formula is C20H21ClN4O2. The Labute approximate surface area is 163 Å². The molecule has 0 saturated heterocycles. The van der Waals surface area contributed by atoms with E-state index in [1.807, 2.05) is 24.3 Å². The second-order valence-corrected chi connectivity index (χ2v) is 6.53. The van der Waals surface area contributed by atoms with Crippen molar-refractivity contribution in [3.05, 3.63) is 65.1 Å². The third-order valence-corrected chi connectivity index (χ3v) is 4.59. The SMILES string of the molecule is COc1ccc(N=C2CCCC(NC(=O)c3cccc(Cl)n3)/C2=C/N)cc1. The number of hydrogen-bond donors (Lipinski definition) is 2. The van der Waals surface area contributed by atoms with E-state index in [4.69, 9.17) is 27.1 Å².